The van der Waals surface area contributed by atoms with Crippen LogP contribution in [0.4, 0.5) is 13.9 Å². The first-order chi connectivity index (χ1) is 16.3. The summed E-state index contributed by atoms with van der Waals surface area (Å²) in [6.07, 6.45) is 0.367. The molecule has 0 radical (unpaired) electrons. The Morgan fingerprint density at radius 2 is 1.88 bits per heavy atom. The molecular weight excluding hydrogens is 484 g/mol. The summed E-state index contributed by atoms with van der Waals surface area (Å²) in [5, 5.41) is 0.226. The highest BCUT2D eigenvalue weighted by Crippen LogP contribution is 2.31. The van der Waals surface area contributed by atoms with E-state index in [1.807, 2.05) is 0 Å². The predicted octanol–water partition coefficient (Wildman–Crippen LogP) is 3.49. The van der Waals surface area contributed by atoms with Crippen LogP contribution in [0.5, 0.6) is 0 Å². The van der Waals surface area contributed by atoms with Crippen molar-refractivity contribution < 1.29 is 26.7 Å². The van der Waals surface area contributed by atoms with E-state index >= 15 is 0 Å². The second kappa shape index (κ2) is 10.9. The van der Waals surface area contributed by atoms with Crippen molar-refractivity contribution >= 4 is 42.4 Å². The van der Waals surface area contributed by atoms with Gasteiger partial charge in [0.15, 0.2) is 20.8 Å². The van der Waals surface area contributed by atoms with Gasteiger partial charge in [-0.3, -0.25) is 14.6 Å². The molecular formula is C23H25F2N3O4S2. The monoisotopic (exact) mass is 509 g/mol. The molecule has 1 saturated heterocycles. The van der Waals surface area contributed by atoms with Crippen molar-refractivity contribution in [1.29, 1.82) is 0 Å². The molecule has 1 amide bonds. The van der Waals surface area contributed by atoms with Crippen molar-refractivity contribution in [3.8, 4) is 0 Å². The third-order valence-corrected chi connectivity index (χ3v) is 8.34. The number of ether oxygens (including phenoxy) is 1. The Bertz CT molecular complexity index is 1250. The third kappa shape index (κ3) is 5.96. The maximum absolute atomic E-state index is 14.2. The zero-order chi connectivity index (χ0) is 24.1. The number of aromatic nitrogens is 1. The number of thiazole rings is 1. The van der Waals surface area contributed by atoms with Gasteiger partial charge in [-0.15, -0.1) is 0 Å². The van der Waals surface area contributed by atoms with Crippen molar-refractivity contribution in [2.24, 2.45) is 0 Å². The highest BCUT2D eigenvalue weighted by atomic mass is 32.2. The fourth-order valence-corrected chi connectivity index (χ4v) is 6.07. The van der Waals surface area contributed by atoms with E-state index in [9.17, 15) is 22.0 Å². The van der Waals surface area contributed by atoms with Gasteiger partial charge in [0.05, 0.1) is 28.6 Å². The molecule has 7 nitrogen and oxygen atoms in total. The SMILES string of the molecule is O=C(CCS(=O)(=O)c1ccccc1)N(CCCN1CCOCC1)c1nc2c(F)cc(F)cc2s1. The summed E-state index contributed by atoms with van der Waals surface area (Å²) in [7, 11) is -3.64. The summed E-state index contributed by atoms with van der Waals surface area (Å²) in [4.78, 5) is 21.2. The average Bonchev–Trinajstić information content (AvgIpc) is 3.25. The first kappa shape index (κ1) is 24.6. The molecule has 4 rings (SSSR count). The smallest absolute Gasteiger partial charge is 0.229 e. The van der Waals surface area contributed by atoms with E-state index in [2.05, 4.69) is 9.88 Å². The normalized spacial score (nSPS) is 15.0. The predicted molar refractivity (Wildman–Crippen MR) is 127 cm³/mol. The number of anilines is 1. The van der Waals surface area contributed by atoms with Crippen LogP contribution in [0.25, 0.3) is 10.2 Å². The minimum Gasteiger partial charge on any atom is -0.379 e. The molecule has 0 unspecified atom stereocenters. The minimum atomic E-state index is -3.64. The Balaban J connectivity index is 1.51. The van der Waals surface area contributed by atoms with Crippen molar-refractivity contribution in [2.45, 2.75) is 17.7 Å². The fourth-order valence-electron chi connectivity index (χ4n) is 3.77. The molecule has 0 spiro atoms. The molecule has 0 atom stereocenters. The van der Waals surface area contributed by atoms with E-state index in [0.29, 0.717) is 19.6 Å². The molecule has 1 aliphatic rings. The molecule has 2 aromatic carbocycles. The number of halogens is 2. The zero-order valence-corrected chi connectivity index (χ0v) is 20.1. The van der Waals surface area contributed by atoms with Gasteiger partial charge in [-0.2, -0.15) is 0 Å². The Kier molecular flexibility index (Phi) is 7.87. The van der Waals surface area contributed by atoms with E-state index < -0.39 is 27.4 Å². The van der Waals surface area contributed by atoms with E-state index in [1.54, 1.807) is 18.2 Å². The molecule has 0 saturated carbocycles. The Morgan fingerprint density at radius 1 is 1.15 bits per heavy atom. The lowest BCUT2D eigenvalue weighted by Gasteiger charge is -2.27. The number of hydrogen-bond acceptors (Lipinski definition) is 7. The molecule has 182 valence electrons. The molecule has 1 aliphatic heterocycles. The van der Waals surface area contributed by atoms with Crippen molar-refractivity contribution in [3.05, 3.63) is 54.1 Å². The van der Waals surface area contributed by atoms with Gasteiger partial charge >= 0.3 is 0 Å². The van der Waals surface area contributed by atoms with Crippen LogP contribution >= 0.6 is 11.3 Å². The Labute approximate surface area is 200 Å². The maximum atomic E-state index is 14.2. The zero-order valence-electron chi connectivity index (χ0n) is 18.5. The van der Waals surface area contributed by atoms with E-state index in [0.717, 1.165) is 37.0 Å². The molecule has 3 aromatic rings. The molecule has 2 heterocycles. The maximum Gasteiger partial charge on any atom is 0.229 e. The average molecular weight is 510 g/mol. The number of amides is 1. The summed E-state index contributed by atoms with van der Waals surface area (Å²) >= 11 is 1.01. The number of sulfone groups is 1. The molecule has 0 bridgehead atoms. The number of rotatable bonds is 9. The van der Waals surface area contributed by atoms with E-state index in [4.69, 9.17) is 4.74 Å². The van der Waals surface area contributed by atoms with Gasteiger partial charge in [-0.1, -0.05) is 29.5 Å². The van der Waals surface area contributed by atoms with Crippen LogP contribution in [0.3, 0.4) is 0 Å². The lowest BCUT2D eigenvalue weighted by atomic mass is 10.3. The summed E-state index contributed by atoms with van der Waals surface area (Å²) in [5.41, 5.74) is -0.00992. The summed E-state index contributed by atoms with van der Waals surface area (Å²) in [6, 6.07) is 9.88. The molecule has 11 heteroatoms. The number of nitrogens with zero attached hydrogens (tertiary/aromatic N) is 3. The van der Waals surface area contributed by atoms with Gasteiger partial charge in [-0.25, -0.2) is 22.2 Å². The fraction of sp³-hybridized carbons (Fsp3) is 0.391. The molecule has 0 N–H and O–H groups in total. The van der Waals surface area contributed by atoms with Gasteiger partial charge < -0.3 is 4.74 Å². The van der Waals surface area contributed by atoms with Gasteiger partial charge in [0.25, 0.3) is 0 Å². The summed E-state index contributed by atoms with van der Waals surface area (Å²) in [5.74, 6) is -2.31. The lowest BCUT2D eigenvalue weighted by Crippen LogP contribution is -2.39. The van der Waals surface area contributed by atoms with Crippen LogP contribution in [-0.4, -0.2) is 69.4 Å². The topological polar surface area (TPSA) is 79.8 Å². The van der Waals surface area contributed by atoms with Crippen LogP contribution in [0.15, 0.2) is 47.4 Å². The quantitative estimate of drug-likeness (QED) is 0.439. The molecule has 1 fully saturated rings. The number of morpholine rings is 1. The highest BCUT2D eigenvalue weighted by molar-refractivity contribution is 7.91. The van der Waals surface area contributed by atoms with Crippen LogP contribution in [0, 0.1) is 11.6 Å². The van der Waals surface area contributed by atoms with Crippen molar-refractivity contribution in [1.82, 2.24) is 9.88 Å². The first-order valence-corrected chi connectivity index (χ1v) is 13.4. The minimum absolute atomic E-state index is 0.00992. The molecule has 1 aromatic heterocycles. The second-order valence-corrected chi connectivity index (χ2v) is 11.1. The number of benzene rings is 2. The molecule has 34 heavy (non-hydrogen) atoms. The van der Waals surface area contributed by atoms with E-state index in [-0.39, 0.29) is 39.0 Å². The largest absolute Gasteiger partial charge is 0.379 e. The summed E-state index contributed by atoms with van der Waals surface area (Å²) in [6.45, 7) is 3.92. The van der Waals surface area contributed by atoms with Crippen LogP contribution < -0.4 is 4.90 Å². The van der Waals surface area contributed by atoms with Gasteiger partial charge in [-0.05, 0) is 24.6 Å². The van der Waals surface area contributed by atoms with Gasteiger partial charge in [0.2, 0.25) is 5.91 Å². The van der Waals surface area contributed by atoms with Crippen LogP contribution in [0.2, 0.25) is 0 Å². The number of hydrogen-bond donors (Lipinski definition) is 0. The van der Waals surface area contributed by atoms with Crippen molar-refractivity contribution in [2.75, 3.05) is 50.0 Å². The van der Waals surface area contributed by atoms with Gasteiger partial charge in [0, 0.05) is 38.7 Å². The number of carbonyl (C=O) groups excluding carboxylic acids is 1. The Morgan fingerprint density at radius 3 is 2.62 bits per heavy atom. The van der Waals surface area contributed by atoms with Gasteiger partial charge in [0.1, 0.15) is 11.3 Å². The van der Waals surface area contributed by atoms with Crippen LogP contribution in [0.1, 0.15) is 12.8 Å². The number of fused-ring (bicyclic) bond motifs is 1. The van der Waals surface area contributed by atoms with E-state index in [1.165, 1.54) is 23.1 Å². The lowest BCUT2D eigenvalue weighted by molar-refractivity contribution is -0.118. The first-order valence-electron chi connectivity index (χ1n) is 11.0. The number of carbonyl (C=O) groups is 1. The van der Waals surface area contributed by atoms with Crippen LogP contribution in [-0.2, 0) is 19.4 Å². The Hall–Kier alpha value is -2.47. The highest BCUT2D eigenvalue weighted by Gasteiger charge is 2.24. The standard InChI is InChI=1S/C23H25F2N3O4S2/c24-17-15-19(25)22-20(16-17)33-23(26-22)28(9-4-8-27-10-12-32-13-11-27)21(29)7-14-34(30,31)18-5-2-1-3-6-18/h1-3,5-6,15-16H,4,7-14H2. The van der Waals surface area contributed by atoms with Crippen molar-refractivity contribution in [3.63, 3.8) is 0 Å². The summed E-state index contributed by atoms with van der Waals surface area (Å²) < 4.78 is 58.8. The molecule has 0 aliphatic carbocycles. The third-order valence-electron chi connectivity index (χ3n) is 5.58. The second-order valence-electron chi connectivity index (χ2n) is 7.97.